The van der Waals surface area contributed by atoms with Crippen LogP contribution >= 0.6 is 35.3 Å². The highest BCUT2D eigenvalue weighted by Crippen LogP contribution is 2.14. The third-order valence-corrected chi connectivity index (χ3v) is 4.03. The Kier molecular flexibility index (Phi) is 7.10. The summed E-state index contributed by atoms with van der Waals surface area (Å²) in [4.78, 5) is 9.86. The summed E-state index contributed by atoms with van der Waals surface area (Å²) in [7, 11) is 0. The van der Waals surface area contributed by atoms with E-state index in [2.05, 4.69) is 48.2 Å². The van der Waals surface area contributed by atoms with Crippen LogP contribution in [0.25, 0.3) is 0 Å². The lowest BCUT2D eigenvalue weighted by atomic mass is 10.1. The van der Waals surface area contributed by atoms with Crippen molar-refractivity contribution in [3.8, 4) is 0 Å². The summed E-state index contributed by atoms with van der Waals surface area (Å²) < 4.78 is 0. The van der Waals surface area contributed by atoms with Gasteiger partial charge >= 0.3 is 0 Å². The number of nitrogens with two attached hydrogens (primary N) is 1. The summed E-state index contributed by atoms with van der Waals surface area (Å²) in [5.41, 5.74) is 9.36. The van der Waals surface area contributed by atoms with E-state index in [9.17, 15) is 0 Å². The molecule has 4 nitrogen and oxygen atoms in total. The first-order valence-electron chi connectivity index (χ1n) is 6.60. The highest BCUT2D eigenvalue weighted by atomic mass is 127. The molecule has 0 bridgehead atoms. The van der Waals surface area contributed by atoms with E-state index in [1.165, 1.54) is 16.0 Å². The largest absolute Gasteiger partial charge is 0.370 e. The van der Waals surface area contributed by atoms with Crippen molar-refractivity contribution in [2.24, 2.45) is 10.7 Å². The van der Waals surface area contributed by atoms with Crippen molar-refractivity contribution in [2.45, 2.75) is 27.2 Å². The average molecular weight is 416 g/mol. The van der Waals surface area contributed by atoms with Crippen LogP contribution in [0.4, 0.5) is 5.69 Å². The van der Waals surface area contributed by atoms with Crippen LogP contribution in [0, 0.1) is 20.8 Å². The molecule has 0 radical (unpaired) electrons. The summed E-state index contributed by atoms with van der Waals surface area (Å²) in [5.74, 6) is 0.446. The molecular weight excluding hydrogens is 395 g/mol. The number of thiazole rings is 1. The Labute approximate surface area is 146 Å². The Balaban J connectivity index is 0.00000220. The van der Waals surface area contributed by atoms with Gasteiger partial charge in [0, 0.05) is 29.7 Å². The second-order valence-electron chi connectivity index (χ2n) is 4.81. The van der Waals surface area contributed by atoms with Crippen LogP contribution in [0.15, 0.2) is 29.4 Å². The molecule has 0 saturated carbocycles. The molecule has 6 heteroatoms. The number of anilines is 1. The van der Waals surface area contributed by atoms with E-state index in [4.69, 9.17) is 5.73 Å². The van der Waals surface area contributed by atoms with E-state index in [-0.39, 0.29) is 24.0 Å². The molecule has 0 fully saturated rings. The van der Waals surface area contributed by atoms with Gasteiger partial charge in [0.05, 0.1) is 5.01 Å². The summed E-state index contributed by atoms with van der Waals surface area (Å²) in [6.45, 7) is 6.88. The van der Waals surface area contributed by atoms with Crippen molar-refractivity contribution in [1.82, 2.24) is 4.98 Å². The van der Waals surface area contributed by atoms with Crippen molar-refractivity contribution in [1.29, 1.82) is 0 Å². The number of guanidine groups is 1. The number of nitrogens with one attached hydrogen (secondary N) is 1. The molecule has 21 heavy (non-hydrogen) atoms. The Hall–Kier alpha value is -1.15. The minimum Gasteiger partial charge on any atom is -0.370 e. The van der Waals surface area contributed by atoms with E-state index in [1.54, 1.807) is 11.3 Å². The molecule has 1 heterocycles. The molecule has 0 unspecified atom stereocenters. The van der Waals surface area contributed by atoms with E-state index < -0.39 is 0 Å². The smallest absolute Gasteiger partial charge is 0.193 e. The second kappa shape index (κ2) is 8.33. The zero-order chi connectivity index (χ0) is 14.5. The normalized spacial score (nSPS) is 11.1. The van der Waals surface area contributed by atoms with Crippen LogP contribution in [-0.4, -0.2) is 17.5 Å². The highest BCUT2D eigenvalue weighted by Gasteiger charge is 2.00. The first-order valence-corrected chi connectivity index (χ1v) is 7.42. The number of halogens is 1. The molecule has 0 aliphatic rings. The molecular formula is C15H21IN4S. The fourth-order valence-electron chi connectivity index (χ4n) is 1.80. The molecule has 0 saturated heterocycles. The third kappa shape index (κ3) is 5.62. The zero-order valence-corrected chi connectivity index (χ0v) is 15.7. The monoisotopic (exact) mass is 416 g/mol. The van der Waals surface area contributed by atoms with Crippen LogP contribution in [0.1, 0.15) is 21.0 Å². The predicted octanol–water partition coefficient (Wildman–Crippen LogP) is 3.66. The zero-order valence-electron chi connectivity index (χ0n) is 12.5. The Morgan fingerprint density at radius 2 is 2.05 bits per heavy atom. The lowest BCUT2D eigenvalue weighted by molar-refractivity contribution is 0.949. The van der Waals surface area contributed by atoms with Gasteiger partial charge in [-0.1, -0.05) is 6.07 Å². The van der Waals surface area contributed by atoms with Crippen LogP contribution < -0.4 is 11.1 Å². The van der Waals surface area contributed by atoms with Crippen molar-refractivity contribution in [2.75, 3.05) is 11.9 Å². The molecule has 1 aromatic carbocycles. The van der Waals surface area contributed by atoms with Gasteiger partial charge < -0.3 is 11.1 Å². The van der Waals surface area contributed by atoms with E-state index in [0.717, 1.165) is 17.1 Å². The van der Waals surface area contributed by atoms with Gasteiger partial charge in [-0.2, -0.15) is 0 Å². The van der Waals surface area contributed by atoms with E-state index in [0.29, 0.717) is 12.5 Å². The molecule has 1 aromatic heterocycles. The quantitative estimate of drug-likeness (QED) is 0.454. The van der Waals surface area contributed by atoms with Crippen LogP contribution in [0.2, 0.25) is 0 Å². The maximum Gasteiger partial charge on any atom is 0.193 e. The fourth-order valence-corrected chi connectivity index (χ4v) is 2.57. The Morgan fingerprint density at radius 1 is 1.29 bits per heavy atom. The molecule has 2 rings (SSSR count). The van der Waals surface area contributed by atoms with Gasteiger partial charge in [-0.3, -0.25) is 4.99 Å². The number of aryl methyl sites for hydroxylation is 3. The van der Waals surface area contributed by atoms with Crippen LogP contribution in [0.3, 0.4) is 0 Å². The summed E-state index contributed by atoms with van der Waals surface area (Å²) in [6, 6.07) is 6.15. The molecule has 3 N–H and O–H groups in total. The topological polar surface area (TPSA) is 63.3 Å². The first kappa shape index (κ1) is 17.9. The standard InChI is InChI=1S/C15H20N4S.HI/c1-10-4-5-13(8-11(10)2)19-15(16)17-7-6-14-18-9-12(3)20-14;/h4-5,8-9H,6-7H2,1-3H3,(H3,16,17,19);1H. The number of nitrogens with zero attached hydrogens (tertiary/aromatic N) is 2. The molecule has 0 aliphatic heterocycles. The van der Waals surface area contributed by atoms with E-state index in [1.807, 2.05) is 12.3 Å². The minimum absolute atomic E-state index is 0. The molecule has 0 aliphatic carbocycles. The average Bonchev–Trinajstić information content (AvgIpc) is 2.80. The molecule has 0 amide bonds. The Morgan fingerprint density at radius 3 is 2.67 bits per heavy atom. The number of hydrogen-bond donors (Lipinski definition) is 2. The van der Waals surface area contributed by atoms with E-state index >= 15 is 0 Å². The SMILES string of the molecule is Cc1cnc(CCN=C(N)Nc2ccc(C)c(C)c2)s1.I. The van der Waals surface area contributed by atoms with Crippen molar-refractivity contribution in [3.63, 3.8) is 0 Å². The van der Waals surface area contributed by atoms with Crippen LogP contribution in [-0.2, 0) is 6.42 Å². The van der Waals surface area contributed by atoms with Gasteiger partial charge in [0.2, 0.25) is 0 Å². The molecule has 114 valence electrons. The fraction of sp³-hybridized carbons (Fsp3) is 0.333. The maximum absolute atomic E-state index is 5.89. The van der Waals surface area contributed by atoms with Gasteiger partial charge in [-0.15, -0.1) is 35.3 Å². The maximum atomic E-state index is 5.89. The predicted molar refractivity (Wildman–Crippen MR) is 102 cm³/mol. The van der Waals surface area contributed by atoms with Gasteiger partial charge in [0.15, 0.2) is 5.96 Å². The second-order valence-corrected chi connectivity index (χ2v) is 6.12. The minimum atomic E-state index is 0. The highest BCUT2D eigenvalue weighted by molar-refractivity contribution is 14.0. The first-order chi connectivity index (χ1) is 9.54. The molecule has 2 aromatic rings. The van der Waals surface area contributed by atoms with Crippen molar-refractivity contribution >= 4 is 47.0 Å². The number of rotatable bonds is 4. The number of hydrogen-bond acceptors (Lipinski definition) is 3. The van der Waals surface area contributed by atoms with Gasteiger partial charge in [-0.25, -0.2) is 4.98 Å². The lowest BCUT2D eigenvalue weighted by Crippen LogP contribution is -2.23. The molecule has 0 atom stereocenters. The van der Waals surface area contributed by atoms with Crippen LogP contribution in [0.5, 0.6) is 0 Å². The van der Waals surface area contributed by atoms with Gasteiger partial charge in [0.25, 0.3) is 0 Å². The summed E-state index contributed by atoms with van der Waals surface area (Å²) in [5, 5.41) is 4.21. The van der Waals surface area contributed by atoms with Crippen molar-refractivity contribution < 1.29 is 0 Å². The summed E-state index contributed by atoms with van der Waals surface area (Å²) >= 11 is 1.71. The van der Waals surface area contributed by atoms with Crippen molar-refractivity contribution in [3.05, 3.63) is 45.4 Å². The third-order valence-electron chi connectivity index (χ3n) is 3.06. The number of benzene rings is 1. The van der Waals surface area contributed by atoms with Gasteiger partial charge in [-0.05, 0) is 44.0 Å². The lowest BCUT2D eigenvalue weighted by Gasteiger charge is -2.07. The number of aromatic nitrogens is 1. The Bertz CT molecular complexity index is 622. The number of aliphatic imine (C=N–C) groups is 1. The van der Waals surface area contributed by atoms with Gasteiger partial charge in [0.1, 0.15) is 0 Å². The summed E-state index contributed by atoms with van der Waals surface area (Å²) in [6.07, 6.45) is 2.72. The molecule has 0 spiro atoms.